The fraction of sp³-hybridized carbons (Fsp3) is 0.529. The molecule has 1 nitrogen and oxygen atoms in total. The minimum absolute atomic E-state index is 0.0944. The van der Waals surface area contributed by atoms with Crippen molar-refractivity contribution in [2.24, 2.45) is 0 Å². The van der Waals surface area contributed by atoms with Crippen LogP contribution >= 0.6 is 0 Å². The van der Waals surface area contributed by atoms with E-state index in [1.807, 2.05) is 12.1 Å². The van der Waals surface area contributed by atoms with Gasteiger partial charge in [-0.25, -0.2) is 4.39 Å². The van der Waals surface area contributed by atoms with Crippen molar-refractivity contribution in [2.45, 2.75) is 58.0 Å². The lowest BCUT2D eigenvalue weighted by atomic mass is 9.99. The highest BCUT2D eigenvalue weighted by Crippen LogP contribution is 2.21. The third-order valence-electron chi connectivity index (χ3n) is 3.30. The van der Waals surface area contributed by atoms with Gasteiger partial charge in [-0.1, -0.05) is 51.2 Å². The van der Waals surface area contributed by atoms with E-state index in [-0.39, 0.29) is 17.9 Å². The number of benzene rings is 1. The second-order valence-electron chi connectivity index (χ2n) is 4.92. The Labute approximate surface area is 116 Å². The molecule has 19 heavy (non-hydrogen) atoms. The van der Waals surface area contributed by atoms with Crippen LogP contribution in [0, 0.1) is 18.2 Å². The van der Waals surface area contributed by atoms with Crippen LogP contribution in [0.5, 0.6) is 0 Å². The van der Waals surface area contributed by atoms with Gasteiger partial charge in [-0.15, -0.1) is 6.42 Å². The van der Waals surface area contributed by atoms with Gasteiger partial charge in [0.1, 0.15) is 5.82 Å². The van der Waals surface area contributed by atoms with E-state index in [1.54, 1.807) is 0 Å². The van der Waals surface area contributed by atoms with Crippen molar-refractivity contribution in [3.8, 4) is 12.3 Å². The minimum Gasteiger partial charge on any atom is -0.297 e. The summed E-state index contributed by atoms with van der Waals surface area (Å²) >= 11 is 0. The minimum atomic E-state index is -0.194. The maximum Gasteiger partial charge on any atom is 0.123 e. The third kappa shape index (κ3) is 5.44. The number of hydrogen-bond acceptors (Lipinski definition) is 1. The van der Waals surface area contributed by atoms with Crippen molar-refractivity contribution in [2.75, 3.05) is 0 Å². The molecule has 1 N–H and O–H groups in total. The number of hydrogen-bond donors (Lipinski definition) is 1. The topological polar surface area (TPSA) is 12.0 Å². The molecule has 104 valence electrons. The van der Waals surface area contributed by atoms with Gasteiger partial charge >= 0.3 is 0 Å². The van der Waals surface area contributed by atoms with Gasteiger partial charge in [0.2, 0.25) is 0 Å². The van der Waals surface area contributed by atoms with Crippen LogP contribution in [0.15, 0.2) is 24.3 Å². The Balaban J connectivity index is 2.76. The first-order valence-electron chi connectivity index (χ1n) is 7.18. The van der Waals surface area contributed by atoms with E-state index in [0.717, 1.165) is 37.7 Å². The molecule has 0 aromatic heterocycles. The smallest absolute Gasteiger partial charge is 0.123 e. The van der Waals surface area contributed by atoms with Gasteiger partial charge in [0.25, 0.3) is 0 Å². The summed E-state index contributed by atoms with van der Waals surface area (Å²) in [6.45, 7) is 4.30. The van der Waals surface area contributed by atoms with Crippen LogP contribution in [0.4, 0.5) is 4.39 Å². The lowest BCUT2D eigenvalue weighted by Crippen LogP contribution is -2.31. The molecular formula is C17H24FN. The zero-order valence-corrected chi connectivity index (χ0v) is 12.0. The molecule has 0 spiro atoms. The van der Waals surface area contributed by atoms with Crippen molar-refractivity contribution in [1.82, 2.24) is 5.32 Å². The van der Waals surface area contributed by atoms with E-state index in [0.29, 0.717) is 0 Å². The van der Waals surface area contributed by atoms with Crippen molar-refractivity contribution >= 4 is 0 Å². The summed E-state index contributed by atoms with van der Waals surface area (Å²) in [5.41, 5.74) is 1.12. The van der Waals surface area contributed by atoms with Gasteiger partial charge in [0.05, 0.1) is 6.04 Å². The van der Waals surface area contributed by atoms with E-state index in [2.05, 4.69) is 25.1 Å². The molecule has 0 aliphatic carbocycles. The van der Waals surface area contributed by atoms with Crippen molar-refractivity contribution in [3.05, 3.63) is 35.6 Å². The summed E-state index contributed by atoms with van der Waals surface area (Å²) in [5, 5.41) is 3.52. The maximum absolute atomic E-state index is 13.0. The van der Waals surface area contributed by atoms with Crippen LogP contribution in [-0.2, 0) is 0 Å². The zero-order chi connectivity index (χ0) is 14.1. The summed E-state index contributed by atoms with van der Waals surface area (Å²) in [6, 6.07) is 7.04. The summed E-state index contributed by atoms with van der Waals surface area (Å²) in [4.78, 5) is 0. The molecule has 0 amide bonds. The first-order valence-corrected chi connectivity index (χ1v) is 7.18. The monoisotopic (exact) mass is 261 g/mol. The molecule has 2 atom stereocenters. The number of halogens is 1. The van der Waals surface area contributed by atoms with E-state index in [1.165, 1.54) is 12.1 Å². The Morgan fingerprint density at radius 2 is 1.84 bits per heavy atom. The fourth-order valence-electron chi connectivity index (χ4n) is 2.20. The average Bonchev–Trinajstić information content (AvgIpc) is 2.43. The Bertz CT molecular complexity index is 391. The van der Waals surface area contributed by atoms with Crippen LogP contribution in [-0.4, -0.2) is 6.04 Å². The summed E-state index contributed by atoms with van der Waals surface area (Å²) < 4.78 is 13.0. The molecule has 0 bridgehead atoms. The zero-order valence-electron chi connectivity index (χ0n) is 12.0. The lowest BCUT2D eigenvalue weighted by Gasteiger charge is -2.23. The highest BCUT2D eigenvalue weighted by atomic mass is 19.1. The molecule has 0 aliphatic rings. The van der Waals surface area contributed by atoms with E-state index < -0.39 is 0 Å². The summed E-state index contributed by atoms with van der Waals surface area (Å²) in [7, 11) is 0. The molecule has 1 aromatic carbocycles. The number of nitrogens with one attached hydrogen (secondary N) is 1. The quantitative estimate of drug-likeness (QED) is 0.682. The second kappa shape index (κ2) is 8.72. The van der Waals surface area contributed by atoms with E-state index >= 15 is 0 Å². The Kier molecular flexibility index (Phi) is 7.22. The molecule has 0 fully saturated rings. The second-order valence-corrected chi connectivity index (χ2v) is 4.92. The van der Waals surface area contributed by atoms with Gasteiger partial charge in [0.15, 0.2) is 0 Å². The first kappa shape index (κ1) is 15.7. The normalized spacial score (nSPS) is 13.8. The molecule has 1 rings (SSSR count). The standard InChI is InChI=1S/C17H24FN/c1-4-7-9-17(19-16(6-3)8-5-2)14-10-12-15(18)13-11-14/h3,10-13,16-17,19H,4-5,7-9H2,1-2H3. The largest absolute Gasteiger partial charge is 0.297 e. The Morgan fingerprint density at radius 3 is 2.37 bits per heavy atom. The summed E-state index contributed by atoms with van der Waals surface area (Å²) in [5.74, 6) is 2.61. The van der Waals surface area contributed by atoms with E-state index in [9.17, 15) is 4.39 Å². The van der Waals surface area contributed by atoms with Gasteiger partial charge in [-0.2, -0.15) is 0 Å². The van der Waals surface area contributed by atoms with Crippen LogP contribution in [0.2, 0.25) is 0 Å². The summed E-state index contributed by atoms with van der Waals surface area (Å²) in [6.07, 6.45) is 10.9. The van der Waals surface area contributed by atoms with Crippen molar-refractivity contribution in [1.29, 1.82) is 0 Å². The Hall–Kier alpha value is -1.33. The molecule has 2 unspecified atom stereocenters. The molecule has 0 saturated carbocycles. The molecule has 0 aliphatic heterocycles. The predicted octanol–water partition coefficient (Wildman–Crippen LogP) is 4.45. The van der Waals surface area contributed by atoms with E-state index in [4.69, 9.17) is 6.42 Å². The molecule has 2 heteroatoms. The average molecular weight is 261 g/mol. The molecular weight excluding hydrogens is 237 g/mol. The van der Waals surface area contributed by atoms with Gasteiger partial charge < -0.3 is 0 Å². The molecule has 0 heterocycles. The van der Waals surface area contributed by atoms with Crippen molar-refractivity contribution in [3.63, 3.8) is 0 Å². The number of rotatable bonds is 8. The number of unbranched alkanes of at least 4 members (excludes halogenated alkanes) is 1. The maximum atomic E-state index is 13.0. The SMILES string of the molecule is C#CC(CCC)NC(CCCC)c1ccc(F)cc1. The molecule has 0 radical (unpaired) electrons. The lowest BCUT2D eigenvalue weighted by molar-refractivity contribution is 0.435. The van der Waals surface area contributed by atoms with Crippen LogP contribution in [0.1, 0.15) is 57.6 Å². The van der Waals surface area contributed by atoms with Crippen LogP contribution < -0.4 is 5.32 Å². The third-order valence-corrected chi connectivity index (χ3v) is 3.30. The Morgan fingerprint density at radius 1 is 1.16 bits per heavy atom. The first-order chi connectivity index (χ1) is 9.21. The highest BCUT2D eigenvalue weighted by Gasteiger charge is 2.14. The highest BCUT2D eigenvalue weighted by molar-refractivity contribution is 5.20. The number of terminal acetylenes is 1. The molecule has 0 saturated heterocycles. The fourth-order valence-corrected chi connectivity index (χ4v) is 2.20. The predicted molar refractivity (Wildman–Crippen MR) is 79.3 cm³/mol. The molecule has 1 aromatic rings. The van der Waals surface area contributed by atoms with Gasteiger partial charge in [-0.3, -0.25) is 5.32 Å². The van der Waals surface area contributed by atoms with Crippen LogP contribution in [0.25, 0.3) is 0 Å². The van der Waals surface area contributed by atoms with Crippen molar-refractivity contribution < 1.29 is 4.39 Å². The van der Waals surface area contributed by atoms with Crippen LogP contribution in [0.3, 0.4) is 0 Å². The van der Waals surface area contributed by atoms with Gasteiger partial charge in [0, 0.05) is 6.04 Å². The van der Waals surface area contributed by atoms with Gasteiger partial charge in [-0.05, 0) is 30.5 Å².